The molecule has 118 valence electrons. The van der Waals surface area contributed by atoms with E-state index in [1.165, 1.54) is 0 Å². The first-order chi connectivity index (χ1) is 11.1. The van der Waals surface area contributed by atoms with Gasteiger partial charge in [0, 0.05) is 0 Å². The van der Waals surface area contributed by atoms with Crippen molar-refractivity contribution in [2.24, 2.45) is 0 Å². The Bertz CT molecular complexity index is 809. The minimum atomic E-state index is -0.148. The average molecular weight is 326 g/mol. The molecule has 0 atom stereocenters. The van der Waals surface area contributed by atoms with E-state index in [-0.39, 0.29) is 12.5 Å². The first-order valence-electron chi connectivity index (χ1n) is 7.43. The van der Waals surface area contributed by atoms with Crippen molar-refractivity contribution in [3.63, 3.8) is 0 Å². The Morgan fingerprint density at radius 2 is 2.04 bits per heavy atom. The van der Waals surface area contributed by atoms with Gasteiger partial charge >= 0.3 is 0 Å². The fraction of sp³-hybridized carbons (Fsp3) is 0.222. The number of aryl methyl sites for hydroxylation is 2. The second-order valence-corrected chi connectivity index (χ2v) is 6.52. The van der Waals surface area contributed by atoms with Crippen LogP contribution in [-0.2, 0) is 11.3 Å². The summed E-state index contributed by atoms with van der Waals surface area (Å²) in [6, 6.07) is 13.9. The van der Waals surface area contributed by atoms with Crippen molar-refractivity contribution in [2.75, 3.05) is 6.61 Å². The van der Waals surface area contributed by atoms with Crippen LogP contribution in [0.4, 0.5) is 0 Å². The fourth-order valence-corrected chi connectivity index (χ4v) is 3.13. The Kier molecular flexibility index (Phi) is 4.57. The van der Waals surface area contributed by atoms with Crippen LogP contribution in [0.3, 0.4) is 0 Å². The van der Waals surface area contributed by atoms with Gasteiger partial charge in [-0.05, 0) is 43.2 Å². The number of hydrogen-bond donors (Lipinski definition) is 1. The molecule has 0 bridgehead atoms. The zero-order valence-electron chi connectivity index (χ0n) is 13.1. The second kappa shape index (κ2) is 6.79. The number of rotatable bonds is 5. The van der Waals surface area contributed by atoms with E-state index in [1.54, 1.807) is 11.3 Å². The molecule has 0 radical (unpaired) electrons. The standard InChI is InChI=1S/C18H18N2O2S/c1-12-7-8-13(2)15(9-12)22-11-17(21)19-10-18-20-14-5-3-4-6-16(14)23-18/h3-9H,10-11H2,1-2H3,(H,19,21). The molecule has 3 rings (SSSR count). The molecular weight excluding hydrogens is 308 g/mol. The topological polar surface area (TPSA) is 51.2 Å². The molecule has 4 nitrogen and oxygen atoms in total. The highest BCUT2D eigenvalue weighted by molar-refractivity contribution is 7.18. The number of thiazole rings is 1. The van der Waals surface area contributed by atoms with Crippen LogP contribution >= 0.6 is 11.3 Å². The number of carbonyl (C=O) groups is 1. The maximum Gasteiger partial charge on any atom is 0.258 e. The molecule has 1 heterocycles. The SMILES string of the molecule is Cc1ccc(C)c(OCC(=O)NCc2nc3ccccc3s2)c1. The van der Waals surface area contributed by atoms with E-state index in [9.17, 15) is 4.79 Å². The van der Waals surface area contributed by atoms with E-state index < -0.39 is 0 Å². The van der Waals surface area contributed by atoms with Gasteiger partial charge in [0.05, 0.1) is 16.8 Å². The van der Waals surface area contributed by atoms with Gasteiger partial charge in [-0.2, -0.15) is 0 Å². The molecule has 0 saturated carbocycles. The Balaban J connectivity index is 1.54. The van der Waals surface area contributed by atoms with Crippen molar-refractivity contribution in [1.29, 1.82) is 0 Å². The number of benzene rings is 2. The molecule has 0 aliphatic carbocycles. The summed E-state index contributed by atoms with van der Waals surface area (Å²) in [4.78, 5) is 16.4. The van der Waals surface area contributed by atoms with Crippen molar-refractivity contribution < 1.29 is 9.53 Å². The maximum atomic E-state index is 11.9. The zero-order valence-corrected chi connectivity index (χ0v) is 13.9. The van der Waals surface area contributed by atoms with E-state index in [4.69, 9.17) is 4.74 Å². The Morgan fingerprint density at radius 1 is 1.22 bits per heavy atom. The lowest BCUT2D eigenvalue weighted by Crippen LogP contribution is -2.28. The fourth-order valence-electron chi connectivity index (χ4n) is 2.23. The van der Waals surface area contributed by atoms with Crippen molar-refractivity contribution in [1.82, 2.24) is 10.3 Å². The number of amides is 1. The number of para-hydroxylation sites is 1. The minimum Gasteiger partial charge on any atom is -0.483 e. The van der Waals surface area contributed by atoms with Crippen molar-refractivity contribution in [3.05, 3.63) is 58.6 Å². The summed E-state index contributed by atoms with van der Waals surface area (Å²) in [7, 11) is 0. The molecular formula is C18H18N2O2S. The third-order valence-electron chi connectivity index (χ3n) is 3.48. The molecule has 0 spiro atoms. The number of fused-ring (bicyclic) bond motifs is 1. The van der Waals surface area contributed by atoms with Crippen molar-refractivity contribution in [3.8, 4) is 5.75 Å². The Labute approximate surface area is 139 Å². The van der Waals surface area contributed by atoms with Crippen LogP contribution < -0.4 is 10.1 Å². The molecule has 1 N–H and O–H groups in total. The molecule has 0 aliphatic heterocycles. The Hall–Kier alpha value is -2.40. The molecule has 0 unspecified atom stereocenters. The number of ether oxygens (including phenoxy) is 1. The highest BCUT2D eigenvalue weighted by atomic mass is 32.1. The Morgan fingerprint density at radius 3 is 2.87 bits per heavy atom. The van der Waals surface area contributed by atoms with Gasteiger partial charge in [-0.3, -0.25) is 4.79 Å². The van der Waals surface area contributed by atoms with Gasteiger partial charge in [-0.1, -0.05) is 24.3 Å². The summed E-state index contributed by atoms with van der Waals surface area (Å²) in [6.07, 6.45) is 0. The third kappa shape index (κ3) is 3.87. The van der Waals surface area contributed by atoms with Gasteiger partial charge in [0.1, 0.15) is 10.8 Å². The summed E-state index contributed by atoms with van der Waals surface area (Å²) in [5.41, 5.74) is 3.10. The molecule has 0 saturated heterocycles. The molecule has 3 aromatic rings. The van der Waals surface area contributed by atoms with Gasteiger partial charge in [0.25, 0.3) is 5.91 Å². The van der Waals surface area contributed by atoms with Crippen LogP contribution in [0, 0.1) is 13.8 Å². The first-order valence-corrected chi connectivity index (χ1v) is 8.24. The van der Waals surface area contributed by atoms with Crippen LogP contribution in [0.15, 0.2) is 42.5 Å². The zero-order chi connectivity index (χ0) is 16.2. The lowest BCUT2D eigenvalue weighted by atomic mass is 10.1. The summed E-state index contributed by atoms with van der Waals surface area (Å²) in [5, 5.41) is 3.74. The maximum absolute atomic E-state index is 11.9. The van der Waals surface area contributed by atoms with E-state index in [0.29, 0.717) is 6.54 Å². The second-order valence-electron chi connectivity index (χ2n) is 5.41. The first kappa shape index (κ1) is 15.5. The van der Waals surface area contributed by atoms with Crippen molar-refractivity contribution in [2.45, 2.75) is 20.4 Å². The van der Waals surface area contributed by atoms with Gasteiger partial charge in [-0.25, -0.2) is 4.98 Å². The predicted octanol–water partition coefficient (Wildman–Crippen LogP) is 3.61. The average Bonchev–Trinajstić information content (AvgIpc) is 2.96. The highest BCUT2D eigenvalue weighted by Gasteiger charge is 2.07. The largest absolute Gasteiger partial charge is 0.483 e. The van der Waals surface area contributed by atoms with Crippen LogP contribution in [0.5, 0.6) is 5.75 Å². The molecule has 5 heteroatoms. The highest BCUT2D eigenvalue weighted by Crippen LogP contribution is 2.21. The molecule has 0 aliphatic rings. The monoisotopic (exact) mass is 326 g/mol. The predicted molar refractivity (Wildman–Crippen MR) is 92.9 cm³/mol. The normalized spacial score (nSPS) is 10.7. The number of nitrogens with one attached hydrogen (secondary N) is 1. The summed E-state index contributed by atoms with van der Waals surface area (Å²) in [5.74, 6) is 0.602. The summed E-state index contributed by atoms with van der Waals surface area (Å²) in [6.45, 7) is 4.40. The van der Waals surface area contributed by atoms with E-state index in [2.05, 4.69) is 10.3 Å². The van der Waals surface area contributed by atoms with Gasteiger partial charge < -0.3 is 10.1 Å². The molecule has 23 heavy (non-hydrogen) atoms. The lowest BCUT2D eigenvalue weighted by Gasteiger charge is -2.09. The van der Waals surface area contributed by atoms with Crippen LogP contribution in [0.1, 0.15) is 16.1 Å². The number of aromatic nitrogens is 1. The minimum absolute atomic E-state index is 0.00912. The van der Waals surface area contributed by atoms with Crippen LogP contribution in [-0.4, -0.2) is 17.5 Å². The van der Waals surface area contributed by atoms with Crippen molar-refractivity contribution >= 4 is 27.5 Å². The third-order valence-corrected chi connectivity index (χ3v) is 4.51. The van der Waals surface area contributed by atoms with Gasteiger partial charge in [0.2, 0.25) is 0 Å². The number of carbonyl (C=O) groups excluding carboxylic acids is 1. The van der Waals surface area contributed by atoms with Gasteiger partial charge in [-0.15, -0.1) is 11.3 Å². The summed E-state index contributed by atoms with van der Waals surface area (Å²) < 4.78 is 6.73. The summed E-state index contributed by atoms with van der Waals surface area (Å²) >= 11 is 1.59. The number of hydrogen-bond acceptors (Lipinski definition) is 4. The molecule has 1 aromatic heterocycles. The molecule has 0 fully saturated rings. The number of nitrogens with zero attached hydrogens (tertiary/aromatic N) is 1. The molecule has 1 amide bonds. The van der Waals surface area contributed by atoms with E-state index >= 15 is 0 Å². The van der Waals surface area contributed by atoms with E-state index in [1.807, 2.05) is 56.3 Å². The van der Waals surface area contributed by atoms with Crippen LogP contribution in [0.2, 0.25) is 0 Å². The smallest absolute Gasteiger partial charge is 0.258 e. The van der Waals surface area contributed by atoms with Gasteiger partial charge in [0.15, 0.2) is 6.61 Å². The van der Waals surface area contributed by atoms with Crippen LogP contribution in [0.25, 0.3) is 10.2 Å². The quantitative estimate of drug-likeness (QED) is 0.779. The lowest BCUT2D eigenvalue weighted by molar-refractivity contribution is -0.123. The van der Waals surface area contributed by atoms with E-state index in [0.717, 1.165) is 32.1 Å². The molecule has 2 aromatic carbocycles.